The third-order valence-corrected chi connectivity index (χ3v) is 7.37. The average molecular weight is 564 g/mol. The fourth-order valence-corrected chi connectivity index (χ4v) is 5.18. The molecule has 10 nitrogen and oxygen atoms in total. The average Bonchev–Trinajstić information content (AvgIpc) is 3.15. The number of aromatic nitrogens is 4. The molecule has 6 rings (SSSR count). The summed E-state index contributed by atoms with van der Waals surface area (Å²) < 4.78 is 40.4. The summed E-state index contributed by atoms with van der Waals surface area (Å²) in [4.78, 5) is 30.3. The summed E-state index contributed by atoms with van der Waals surface area (Å²) in [6, 6.07) is 15.8. The number of para-hydroxylation sites is 2. The van der Waals surface area contributed by atoms with Crippen LogP contribution < -0.4 is 15.0 Å². The van der Waals surface area contributed by atoms with Crippen molar-refractivity contribution in [3.05, 3.63) is 66.0 Å². The maximum Gasteiger partial charge on any atom is 0.296 e. The molecule has 41 heavy (non-hydrogen) atoms. The minimum atomic E-state index is -2.78. The number of hydrogen-bond acceptors (Lipinski definition) is 8. The van der Waals surface area contributed by atoms with Crippen LogP contribution in [0, 0.1) is 5.92 Å². The molecule has 0 bridgehead atoms. The Hall–Kier alpha value is -4.32. The molecular weight excluding hydrogens is 532 g/mol. The normalized spacial score (nSPS) is 16.1. The molecule has 0 radical (unpaired) electrons. The second-order valence-corrected chi connectivity index (χ2v) is 10.1. The maximum absolute atomic E-state index is 14.1. The highest BCUT2D eigenvalue weighted by atomic mass is 19.3. The predicted octanol–water partition coefficient (Wildman–Crippen LogP) is 4.17. The minimum Gasteiger partial charge on any atom is -0.497 e. The van der Waals surface area contributed by atoms with Gasteiger partial charge in [0.2, 0.25) is 5.95 Å². The summed E-state index contributed by atoms with van der Waals surface area (Å²) in [5, 5.41) is 3.37. The SMILES string of the molecule is COc1ccc(C(=O)N2CC(CNc3cc(-n4c(C(F)F)nc5ccccc54)nc(N4CCCOCC4)n3)C2)cc1. The summed E-state index contributed by atoms with van der Waals surface area (Å²) in [5.41, 5.74) is 1.63. The highest BCUT2D eigenvalue weighted by Crippen LogP contribution is 2.29. The number of nitrogens with zero attached hydrogens (tertiary/aromatic N) is 6. The number of alkyl halides is 2. The molecule has 2 fully saturated rings. The number of hydrogen-bond donors (Lipinski definition) is 1. The van der Waals surface area contributed by atoms with Gasteiger partial charge in [-0.3, -0.25) is 9.36 Å². The third-order valence-electron chi connectivity index (χ3n) is 7.37. The number of ether oxygens (including phenoxy) is 2. The van der Waals surface area contributed by atoms with Gasteiger partial charge in [0.1, 0.15) is 17.4 Å². The van der Waals surface area contributed by atoms with Crippen LogP contribution in [0.4, 0.5) is 20.5 Å². The first-order chi connectivity index (χ1) is 20.0. The summed E-state index contributed by atoms with van der Waals surface area (Å²) in [6.45, 7) is 4.25. The molecule has 0 unspecified atom stereocenters. The molecule has 4 heterocycles. The van der Waals surface area contributed by atoms with Crippen LogP contribution in [0.25, 0.3) is 16.9 Å². The van der Waals surface area contributed by atoms with Gasteiger partial charge in [0.05, 0.1) is 24.8 Å². The van der Waals surface area contributed by atoms with E-state index in [0.717, 1.165) is 6.42 Å². The van der Waals surface area contributed by atoms with Crippen molar-refractivity contribution in [3.63, 3.8) is 0 Å². The molecule has 0 saturated carbocycles. The largest absolute Gasteiger partial charge is 0.497 e. The second kappa shape index (κ2) is 11.7. The number of rotatable bonds is 8. The van der Waals surface area contributed by atoms with Gasteiger partial charge in [-0.2, -0.15) is 9.97 Å². The van der Waals surface area contributed by atoms with E-state index in [1.165, 1.54) is 4.57 Å². The van der Waals surface area contributed by atoms with Crippen molar-refractivity contribution in [2.24, 2.45) is 5.92 Å². The molecule has 1 amide bonds. The highest BCUT2D eigenvalue weighted by Gasteiger charge is 2.31. The Morgan fingerprint density at radius 2 is 1.88 bits per heavy atom. The van der Waals surface area contributed by atoms with Crippen molar-refractivity contribution in [2.75, 3.05) is 63.3 Å². The molecule has 1 N–H and O–H groups in total. The first-order valence-electron chi connectivity index (χ1n) is 13.6. The second-order valence-electron chi connectivity index (χ2n) is 10.1. The van der Waals surface area contributed by atoms with E-state index in [0.29, 0.717) is 85.9 Å². The van der Waals surface area contributed by atoms with Crippen LogP contribution in [0.1, 0.15) is 29.0 Å². The van der Waals surface area contributed by atoms with Crippen molar-refractivity contribution in [3.8, 4) is 11.6 Å². The van der Waals surface area contributed by atoms with E-state index >= 15 is 0 Å². The molecule has 12 heteroatoms. The lowest BCUT2D eigenvalue weighted by atomic mass is 9.98. The molecule has 2 aliphatic rings. The van der Waals surface area contributed by atoms with Crippen LogP contribution in [0.15, 0.2) is 54.6 Å². The van der Waals surface area contributed by atoms with Gasteiger partial charge in [-0.1, -0.05) is 12.1 Å². The Balaban J connectivity index is 1.23. The number of amides is 1. The van der Waals surface area contributed by atoms with E-state index in [-0.39, 0.29) is 17.6 Å². The number of carbonyl (C=O) groups is 1. The molecule has 2 aromatic carbocycles. The zero-order valence-corrected chi connectivity index (χ0v) is 22.7. The van der Waals surface area contributed by atoms with Gasteiger partial charge in [0.25, 0.3) is 12.3 Å². The van der Waals surface area contributed by atoms with E-state index in [1.807, 2.05) is 4.90 Å². The van der Waals surface area contributed by atoms with Crippen LogP contribution in [0.3, 0.4) is 0 Å². The number of anilines is 2. The number of nitrogens with one attached hydrogen (secondary N) is 1. The lowest BCUT2D eigenvalue weighted by Crippen LogP contribution is -2.52. The third kappa shape index (κ3) is 5.64. The van der Waals surface area contributed by atoms with E-state index < -0.39 is 6.43 Å². The molecule has 214 valence electrons. The Bertz CT molecular complexity index is 1510. The highest BCUT2D eigenvalue weighted by molar-refractivity contribution is 5.94. The number of likely N-dealkylation sites (tertiary alicyclic amines) is 1. The number of halogens is 2. The smallest absolute Gasteiger partial charge is 0.296 e. The molecule has 0 spiro atoms. The summed E-state index contributed by atoms with van der Waals surface area (Å²) in [6.07, 6.45) is -1.97. The van der Waals surface area contributed by atoms with Crippen molar-refractivity contribution >= 4 is 28.7 Å². The van der Waals surface area contributed by atoms with Gasteiger partial charge in [0.15, 0.2) is 5.82 Å². The van der Waals surface area contributed by atoms with Crippen molar-refractivity contribution in [1.82, 2.24) is 24.4 Å². The first kappa shape index (κ1) is 26.9. The monoisotopic (exact) mass is 563 g/mol. The number of methoxy groups -OCH3 is 1. The standard InChI is InChI=1S/C29H31F2N7O3/c1-40-21-9-7-20(8-10-21)28(39)37-17-19(18-37)16-32-24-15-25(35-29(34-24)36-11-4-13-41-14-12-36)38-23-6-3-2-5-22(23)33-27(38)26(30)31/h2-3,5-10,15,19,26H,4,11-14,16-18H2,1H3,(H,32,34,35). The van der Waals surface area contributed by atoms with E-state index in [1.54, 1.807) is 66.6 Å². The van der Waals surface area contributed by atoms with Crippen molar-refractivity contribution in [2.45, 2.75) is 12.8 Å². The van der Waals surface area contributed by atoms with Crippen LogP contribution in [0.2, 0.25) is 0 Å². The van der Waals surface area contributed by atoms with Crippen LogP contribution in [-0.2, 0) is 4.74 Å². The zero-order chi connectivity index (χ0) is 28.3. The summed E-state index contributed by atoms with van der Waals surface area (Å²) in [5.74, 6) is 1.81. The Morgan fingerprint density at radius 1 is 1.07 bits per heavy atom. The Kier molecular flexibility index (Phi) is 7.64. The summed E-state index contributed by atoms with van der Waals surface area (Å²) >= 11 is 0. The molecule has 4 aromatic rings. The van der Waals surface area contributed by atoms with Gasteiger partial charge in [-0.25, -0.2) is 13.8 Å². The predicted molar refractivity (Wildman–Crippen MR) is 150 cm³/mol. The maximum atomic E-state index is 14.1. The summed E-state index contributed by atoms with van der Waals surface area (Å²) in [7, 11) is 1.59. The quantitative estimate of drug-likeness (QED) is 0.341. The van der Waals surface area contributed by atoms with Gasteiger partial charge in [-0.15, -0.1) is 0 Å². The number of imidazole rings is 1. The molecule has 2 saturated heterocycles. The molecular formula is C29H31F2N7O3. The van der Waals surface area contributed by atoms with Gasteiger partial charge in [0, 0.05) is 56.9 Å². The van der Waals surface area contributed by atoms with Gasteiger partial charge < -0.3 is 24.6 Å². The van der Waals surface area contributed by atoms with Gasteiger partial charge in [-0.05, 0) is 42.8 Å². The molecule has 0 aliphatic carbocycles. The molecule has 0 atom stereocenters. The number of fused-ring (bicyclic) bond motifs is 1. The molecule has 2 aromatic heterocycles. The lowest BCUT2D eigenvalue weighted by molar-refractivity contribution is 0.0521. The van der Waals surface area contributed by atoms with Crippen LogP contribution >= 0.6 is 0 Å². The molecule has 2 aliphatic heterocycles. The first-order valence-corrected chi connectivity index (χ1v) is 13.6. The van der Waals surface area contributed by atoms with Crippen LogP contribution in [0.5, 0.6) is 5.75 Å². The van der Waals surface area contributed by atoms with Crippen molar-refractivity contribution in [1.29, 1.82) is 0 Å². The van der Waals surface area contributed by atoms with Crippen molar-refractivity contribution < 1.29 is 23.0 Å². The fourth-order valence-electron chi connectivity index (χ4n) is 5.18. The lowest BCUT2D eigenvalue weighted by Gasteiger charge is -2.39. The van der Waals surface area contributed by atoms with E-state index in [2.05, 4.69) is 10.3 Å². The topological polar surface area (TPSA) is 97.6 Å². The van der Waals surface area contributed by atoms with Crippen LogP contribution in [-0.4, -0.2) is 83.4 Å². The van der Waals surface area contributed by atoms with Gasteiger partial charge >= 0.3 is 0 Å². The minimum absolute atomic E-state index is 0.0228. The van der Waals surface area contributed by atoms with E-state index in [4.69, 9.17) is 19.4 Å². The fraction of sp³-hybridized carbons (Fsp3) is 0.379. The Morgan fingerprint density at radius 3 is 2.66 bits per heavy atom. The zero-order valence-electron chi connectivity index (χ0n) is 22.7. The Labute approximate surface area is 235 Å². The number of carbonyl (C=O) groups excluding carboxylic acids is 1. The van der Waals surface area contributed by atoms with E-state index in [9.17, 15) is 13.6 Å². The number of benzene rings is 2.